The minimum atomic E-state index is -0.160. The number of ether oxygens (including phenoxy) is 1. The molecular formula is C14H19N3O2. The monoisotopic (exact) mass is 261 g/mol. The molecule has 0 aliphatic rings. The molecule has 0 bridgehead atoms. The first-order valence-electron chi connectivity index (χ1n) is 6.24. The smallest absolute Gasteiger partial charge is 0.279 e. The van der Waals surface area contributed by atoms with Gasteiger partial charge in [0.05, 0.1) is 6.61 Å². The summed E-state index contributed by atoms with van der Waals surface area (Å²) >= 11 is 0. The molecule has 0 aromatic carbocycles. The molecule has 2 aromatic rings. The zero-order chi connectivity index (χ0) is 14.2. The van der Waals surface area contributed by atoms with Crippen molar-refractivity contribution in [3.8, 4) is 5.88 Å². The van der Waals surface area contributed by atoms with Crippen molar-refractivity contribution < 1.29 is 4.74 Å². The molecule has 19 heavy (non-hydrogen) atoms. The van der Waals surface area contributed by atoms with Gasteiger partial charge in [-0.25, -0.2) is 9.97 Å². The normalized spacial score (nSPS) is 11.8. The Hall–Kier alpha value is -1.91. The summed E-state index contributed by atoms with van der Waals surface area (Å²) in [5.41, 5.74) is 0.305. The first-order valence-corrected chi connectivity index (χ1v) is 6.24. The lowest BCUT2D eigenvalue weighted by molar-refractivity contribution is 0.185. The Balaban J connectivity index is 2.49. The van der Waals surface area contributed by atoms with Crippen LogP contribution in [0.4, 0.5) is 0 Å². The fraction of sp³-hybridized carbons (Fsp3) is 0.500. The van der Waals surface area contributed by atoms with Crippen LogP contribution >= 0.6 is 0 Å². The Morgan fingerprint density at radius 3 is 2.68 bits per heavy atom. The highest BCUT2D eigenvalue weighted by atomic mass is 16.5. The van der Waals surface area contributed by atoms with Crippen LogP contribution < -0.4 is 10.3 Å². The molecule has 0 aliphatic heterocycles. The van der Waals surface area contributed by atoms with Crippen molar-refractivity contribution in [3.05, 3.63) is 28.4 Å². The van der Waals surface area contributed by atoms with Gasteiger partial charge in [-0.1, -0.05) is 20.8 Å². The van der Waals surface area contributed by atoms with Crippen molar-refractivity contribution in [2.75, 3.05) is 6.61 Å². The highest BCUT2D eigenvalue weighted by Gasteiger charge is 2.14. The van der Waals surface area contributed by atoms with Gasteiger partial charge in [0.1, 0.15) is 11.3 Å². The molecule has 0 fully saturated rings. The van der Waals surface area contributed by atoms with Crippen LogP contribution in [-0.4, -0.2) is 21.1 Å². The second kappa shape index (κ2) is 4.64. The largest absolute Gasteiger partial charge is 0.478 e. The van der Waals surface area contributed by atoms with Crippen molar-refractivity contribution in [2.24, 2.45) is 12.5 Å². The zero-order valence-electron chi connectivity index (χ0n) is 12.0. The summed E-state index contributed by atoms with van der Waals surface area (Å²) in [6, 6.07) is 1.81. The minimum absolute atomic E-state index is 0.0365. The summed E-state index contributed by atoms with van der Waals surface area (Å²) in [7, 11) is 1.69. The standard InChI is InChI=1S/C14H19N3O2/c1-9-15-7-10-6-11(19-8-14(2,3)4)17(5)13(18)12(10)16-9/h6-7H,8H2,1-5H3. The van der Waals surface area contributed by atoms with Crippen LogP contribution in [0.2, 0.25) is 0 Å². The molecule has 2 rings (SSSR count). The van der Waals surface area contributed by atoms with E-state index in [1.165, 1.54) is 4.57 Å². The van der Waals surface area contributed by atoms with Crippen LogP contribution in [0.5, 0.6) is 5.88 Å². The number of nitrogens with zero attached hydrogens (tertiary/aromatic N) is 3. The topological polar surface area (TPSA) is 57.0 Å². The molecule has 0 aliphatic carbocycles. The molecule has 0 radical (unpaired) electrons. The molecule has 2 heterocycles. The highest BCUT2D eigenvalue weighted by Crippen LogP contribution is 2.19. The third kappa shape index (κ3) is 2.92. The molecule has 5 heteroatoms. The fourth-order valence-electron chi connectivity index (χ4n) is 1.67. The summed E-state index contributed by atoms with van der Waals surface area (Å²) in [5, 5.41) is 0.706. The van der Waals surface area contributed by atoms with E-state index in [4.69, 9.17) is 4.74 Å². The van der Waals surface area contributed by atoms with Gasteiger partial charge >= 0.3 is 0 Å². The van der Waals surface area contributed by atoms with Gasteiger partial charge in [0.2, 0.25) is 0 Å². The molecule has 2 aromatic heterocycles. The van der Waals surface area contributed by atoms with E-state index in [1.54, 1.807) is 20.2 Å². The maximum Gasteiger partial charge on any atom is 0.279 e. The average Bonchev–Trinajstić information content (AvgIpc) is 2.32. The van der Waals surface area contributed by atoms with E-state index in [0.717, 1.165) is 0 Å². The van der Waals surface area contributed by atoms with E-state index in [-0.39, 0.29) is 11.0 Å². The van der Waals surface area contributed by atoms with Crippen LogP contribution in [0.3, 0.4) is 0 Å². The summed E-state index contributed by atoms with van der Waals surface area (Å²) in [6.45, 7) is 8.55. The predicted octanol–water partition coefficient (Wildman–Crippen LogP) is 2.06. The second-order valence-corrected chi connectivity index (χ2v) is 5.92. The van der Waals surface area contributed by atoms with Gasteiger partial charge in [-0.3, -0.25) is 9.36 Å². The highest BCUT2D eigenvalue weighted by molar-refractivity contribution is 5.77. The lowest BCUT2D eigenvalue weighted by atomic mass is 9.99. The van der Waals surface area contributed by atoms with Crippen LogP contribution in [0, 0.1) is 12.3 Å². The van der Waals surface area contributed by atoms with Crippen molar-refractivity contribution in [1.29, 1.82) is 0 Å². The van der Waals surface area contributed by atoms with Crippen LogP contribution in [0.25, 0.3) is 10.9 Å². The number of aryl methyl sites for hydroxylation is 1. The Morgan fingerprint density at radius 1 is 1.37 bits per heavy atom. The lowest BCUT2D eigenvalue weighted by Gasteiger charge is -2.20. The van der Waals surface area contributed by atoms with Crippen LogP contribution in [0.1, 0.15) is 26.6 Å². The maximum absolute atomic E-state index is 12.2. The zero-order valence-corrected chi connectivity index (χ0v) is 12.0. The maximum atomic E-state index is 12.2. The van der Waals surface area contributed by atoms with Gasteiger partial charge < -0.3 is 4.74 Å². The molecule has 5 nitrogen and oxygen atoms in total. The van der Waals surface area contributed by atoms with E-state index in [9.17, 15) is 4.79 Å². The Bertz CT molecular complexity index is 669. The van der Waals surface area contributed by atoms with Crippen molar-refractivity contribution in [1.82, 2.24) is 14.5 Å². The van der Waals surface area contributed by atoms with Crippen molar-refractivity contribution >= 4 is 10.9 Å². The predicted molar refractivity (Wildman–Crippen MR) is 74.5 cm³/mol. The molecule has 0 saturated heterocycles. The van der Waals surface area contributed by atoms with Crippen molar-refractivity contribution in [3.63, 3.8) is 0 Å². The average molecular weight is 261 g/mol. The van der Waals surface area contributed by atoms with Gasteiger partial charge in [0.15, 0.2) is 5.88 Å². The first kappa shape index (κ1) is 13.5. The van der Waals surface area contributed by atoms with Crippen molar-refractivity contribution in [2.45, 2.75) is 27.7 Å². The Morgan fingerprint density at radius 2 is 2.05 bits per heavy atom. The second-order valence-electron chi connectivity index (χ2n) is 5.92. The lowest BCUT2D eigenvalue weighted by Crippen LogP contribution is -2.24. The van der Waals surface area contributed by atoms with Gasteiger partial charge in [0.25, 0.3) is 5.56 Å². The number of pyridine rings is 1. The van der Waals surface area contributed by atoms with E-state index in [2.05, 4.69) is 30.7 Å². The third-order valence-corrected chi connectivity index (χ3v) is 2.71. The number of fused-ring (bicyclic) bond motifs is 1. The number of rotatable bonds is 2. The van der Waals surface area contributed by atoms with Crippen LogP contribution in [0.15, 0.2) is 17.1 Å². The molecule has 0 unspecified atom stereocenters. The summed E-state index contributed by atoms with van der Waals surface area (Å²) < 4.78 is 7.21. The van der Waals surface area contributed by atoms with Gasteiger partial charge in [0, 0.05) is 24.7 Å². The third-order valence-electron chi connectivity index (χ3n) is 2.71. The molecule has 0 amide bonds. The van der Waals surface area contributed by atoms with E-state index < -0.39 is 0 Å². The molecule has 0 N–H and O–H groups in total. The van der Waals surface area contributed by atoms with Gasteiger partial charge in [-0.05, 0) is 12.3 Å². The number of aromatic nitrogens is 3. The summed E-state index contributed by atoms with van der Waals surface area (Å²) in [4.78, 5) is 20.5. The quantitative estimate of drug-likeness (QED) is 0.830. The SMILES string of the molecule is Cc1ncc2cc(OCC(C)(C)C)n(C)c(=O)c2n1. The minimum Gasteiger partial charge on any atom is -0.478 e. The molecule has 0 spiro atoms. The summed E-state index contributed by atoms with van der Waals surface area (Å²) in [6.07, 6.45) is 1.66. The Kier molecular flexibility index (Phi) is 3.30. The molecular weight excluding hydrogens is 242 g/mol. The molecule has 0 saturated carbocycles. The Labute approximate surface area is 112 Å². The number of hydrogen-bond acceptors (Lipinski definition) is 4. The summed E-state index contributed by atoms with van der Waals surface area (Å²) in [5.74, 6) is 1.13. The molecule has 0 atom stereocenters. The fourth-order valence-corrected chi connectivity index (χ4v) is 1.67. The van der Waals surface area contributed by atoms with E-state index in [1.807, 2.05) is 6.07 Å². The van der Waals surface area contributed by atoms with E-state index >= 15 is 0 Å². The first-order chi connectivity index (χ1) is 8.78. The van der Waals surface area contributed by atoms with Crippen LogP contribution in [-0.2, 0) is 7.05 Å². The van der Waals surface area contributed by atoms with Gasteiger partial charge in [-0.2, -0.15) is 0 Å². The van der Waals surface area contributed by atoms with Gasteiger partial charge in [-0.15, -0.1) is 0 Å². The molecule has 102 valence electrons. The number of hydrogen-bond donors (Lipinski definition) is 0. The van der Waals surface area contributed by atoms with E-state index in [0.29, 0.717) is 29.2 Å².